The molecule has 128 valence electrons. The maximum Gasteiger partial charge on any atom is 0.458 e. The molecule has 1 aromatic rings. The molecular formula is C20H22BNO3. The third-order valence-electron chi connectivity index (χ3n) is 4.21. The zero-order valence-electron chi connectivity index (χ0n) is 14.5. The lowest BCUT2D eigenvalue weighted by molar-refractivity contribution is 0.396. The average molecular weight is 335 g/mol. The second-order valence-electron chi connectivity index (χ2n) is 6.03. The highest BCUT2D eigenvalue weighted by Gasteiger charge is 2.30. The van der Waals surface area contributed by atoms with E-state index in [9.17, 15) is 10.0 Å². The molecule has 0 amide bonds. The fourth-order valence-electron chi connectivity index (χ4n) is 2.85. The van der Waals surface area contributed by atoms with Gasteiger partial charge in [-0.3, -0.25) is 0 Å². The summed E-state index contributed by atoms with van der Waals surface area (Å²) in [5, 5.41) is 19.1. The van der Waals surface area contributed by atoms with Crippen molar-refractivity contribution >= 4 is 12.8 Å². The van der Waals surface area contributed by atoms with Crippen molar-refractivity contribution in [1.29, 1.82) is 0 Å². The van der Waals surface area contributed by atoms with E-state index in [4.69, 9.17) is 4.74 Å². The zero-order chi connectivity index (χ0) is 17.8. The number of hydrogen-bond acceptors (Lipinski definition) is 4. The fourth-order valence-corrected chi connectivity index (χ4v) is 2.85. The SMILES string of the molecule is C/C=C1/Oc2ccccc2N(C2=CCC=CC=C2)/C1=C/C(C)B(O)O. The van der Waals surface area contributed by atoms with E-state index in [0.717, 1.165) is 29.3 Å². The Morgan fingerprint density at radius 2 is 2.04 bits per heavy atom. The molecule has 3 rings (SSSR count). The van der Waals surface area contributed by atoms with E-state index in [0.29, 0.717) is 5.76 Å². The van der Waals surface area contributed by atoms with E-state index in [2.05, 4.69) is 17.1 Å². The molecule has 1 aliphatic carbocycles. The van der Waals surface area contributed by atoms with Crippen molar-refractivity contribution in [3.05, 3.63) is 84.0 Å². The van der Waals surface area contributed by atoms with Gasteiger partial charge in [-0.15, -0.1) is 0 Å². The first-order valence-electron chi connectivity index (χ1n) is 8.47. The van der Waals surface area contributed by atoms with Crippen LogP contribution in [0, 0.1) is 0 Å². The molecule has 5 heteroatoms. The molecular weight excluding hydrogens is 313 g/mol. The van der Waals surface area contributed by atoms with Crippen molar-refractivity contribution in [3.63, 3.8) is 0 Å². The summed E-state index contributed by atoms with van der Waals surface area (Å²) in [5.74, 6) is 1.03. The second-order valence-corrected chi connectivity index (χ2v) is 6.03. The number of rotatable bonds is 3. The number of hydrogen-bond donors (Lipinski definition) is 2. The fraction of sp³-hybridized carbons (Fsp3) is 0.200. The molecule has 0 saturated carbocycles. The van der Waals surface area contributed by atoms with E-state index in [1.807, 2.05) is 61.6 Å². The maximum atomic E-state index is 9.54. The Morgan fingerprint density at radius 1 is 1.24 bits per heavy atom. The number of fused-ring (bicyclic) bond motifs is 1. The van der Waals surface area contributed by atoms with E-state index in [1.165, 1.54) is 0 Å². The predicted octanol–water partition coefficient (Wildman–Crippen LogP) is 3.94. The minimum Gasteiger partial charge on any atom is -0.453 e. The molecule has 1 heterocycles. The van der Waals surface area contributed by atoms with Crippen LogP contribution in [0.2, 0.25) is 5.82 Å². The van der Waals surface area contributed by atoms with E-state index < -0.39 is 12.9 Å². The number of anilines is 1. The van der Waals surface area contributed by atoms with Gasteiger partial charge in [0.1, 0.15) is 5.76 Å². The molecule has 0 bridgehead atoms. The molecule has 4 nitrogen and oxygen atoms in total. The van der Waals surface area contributed by atoms with Crippen molar-refractivity contribution in [2.24, 2.45) is 0 Å². The highest BCUT2D eigenvalue weighted by Crippen LogP contribution is 2.43. The van der Waals surface area contributed by atoms with Crippen LogP contribution in [0.5, 0.6) is 5.75 Å². The maximum absolute atomic E-state index is 9.54. The smallest absolute Gasteiger partial charge is 0.453 e. The summed E-state index contributed by atoms with van der Waals surface area (Å²) >= 11 is 0. The van der Waals surface area contributed by atoms with Crippen LogP contribution < -0.4 is 9.64 Å². The van der Waals surface area contributed by atoms with Gasteiger partial charge >= 0.3 is 7.12 Å². The highest BCUT2D eigenvalue weighted by molar-refractivity contribution is 6.43. The number of allylic oxidation sites excluding steroid dienone is 7. The molecule has 25 heavy (non-hydrogen) atoms. The van der Waals surface area contributed by atoms with Gasteiger partial charge in [0, 0.05) is 11.5 Å². The molecule has 0 fully saturated rings. The first kappa shape index (κ1) is 17.3. The van der Waals surface area contributed by atoms with E-state index in [-0.39, 0.29) is 0 Å². The van der Waals surface area contributed by atoms with Crippen LogP contribution in [0.15, 0.2) is 84.0 Å². The van der Waals surface area contributed by atoms with Gasteiger partial charge in [0.2, 0.25) is 0 Å². The van der Waals surface area contributed by atoms with Crippen LogP contribution in [0.4, 0.5) is 5.69 Å². The lowest BCUT2D eigenvalue weighted by Gasteiger charge is -2.36. The Bertz CT molecular complexity index is 790. The summed E-state index contributed by atoms with van der Waals surface area (Å²) in [6.07, 6.45) is 14.9. The third-order valence-corrected chi connectivity index (χ3v) is 4.21. The van der Waals surface area contributed by atoms with Gasteiger partial charge in [-0.25, -0.2) is 0 Å². The largest absolute Gasteiger partial charge is 0.458 e. The summed E-state index contributed by atoms with van der Waals surface area (Å²) < 4.78 is 6.05. The van der Waals surface area contributed by atoms with Gasteiger partial charge in [-0.1, -0.05) is 49.4 Å². The Labute approximate surface area is 148 Å². The minimum atomic E-state index is -1.43. The zero-order valence-corrected chi connectivity index (χ0v) is 14.5. The molecule has 0 aromatic heterocycles. The molecule has 1 atom stereocenters. The lowest BCUT2D eigenvalue weighted by Crippen LogP contribution is -2.29. The predicted molar refractivity (Wildman–Crippen MR) is 102 cm³/mol. The standard InChI is InChI=1S/C20H22BNO3/c1-3-19-18(14-15(2)21(23)24)22(16-10-6-4-5-7-11-16)17-12-8-9-13-20(17)25-19/h3-6,8-15,23-24H,7H2,1-2H3/b18-14+,19-3+. The molecule has 1 aliphatic heterocycles. The van der Waals surface area contributed by atoms with Gasteiger partial charge in [-0.05, 0) is 37.6 Å². The summed E-state index contributed by atoms with van der Waals surface area (Å²) in [5.41, 5.74) is 2.75. The second kappa shape index (κ2) is 7.59. The van der Waals surface area contributed by atoms with Crippen molar-refractivity contribution in [2.45, 2.75) is 26.1 Å². The van der Waals surface area contributed by atoms with Gasteiger partial charge in [0.05, 0.1) is 11.4 Å². The molecule has 2 N–H and O–H groups in total. The van der Waals surface area contributed by atoms with Crippen molar-refractivity contribution in [3.8, 4) is 5.75 Å². The highest BCUT2D eigenvalue weighted by atomic mass is 16.5. The van der Waals surface area contributed by atoms with Crippen LogP contribution in [0.25, 0.3) is 0 Å². The Balaban J connectivity index is 2.17. The summed E-state index contributed by atoms with van der Waals surface area (Å²) in [4.78, 5) is 2.11. The number of benzene rings is 1. The van der Waals surface area contributed by atoms with Crippen LogP contribution in [0.1, 0.15) is 20.3 Å². The summed E-state index contributed by atoms with van der Waals surface area (Å²) in [6.45, 7) is 3.68. The van der Waals surface area contributed by atoms with Crippen LogP contribution in [0.3, 0.4) is 0 Å². The quantitative estimate of drug-likeness (QED) is 0.822. The normalized spacial score (nSPS) is 20.8. The molecule has 2 aliphatic rings. The Hall–Kier alpha value is -2.50. The summed E-state index contributed by atoms with van der Waals surface area (Å²) in [6, 6.07) is 7.85. The van der Waals surface area contributed by atoms with Crippen LogP contribution in [-0.2, 0) is 0 Å². The molecule has 0 spiro atoms. The van der Waals surface area contributed by atoms with E-state index in [1.54, 1.807) is 6.92 Å². The molecule has 0 radical (unpaired) electrons. The lowest BCUT2D eigenvalue weighted by atomic mass is 9.73. The number of ether oxygens (including phenoxy) is 1. The van der Waals surface area contributed by atoms with E-state index >= 15 is 0 Å². The third kappa shape index (κ3) is 3.63. The van der Waals surface area contributed by atoms with Gasteiger partial charge in [0.25, 0.3) is 0 Å². The van der Waals surface area contributed by atoms with Crippen molar-refractivity contribution in [1.82, 2.24) is 0 Å². The minimum absolute atomic E-state index is 0.435. The van der Waals surface area contributed by atoms with Gasteiger partial charge < -0.3 is 19.7 Å². The molecule has 0 saturated heterocycles. The molecule has 1 aromatic carbocycles. The van der Waals surface area contributed by atoms with Gasteiger partial charge in [0.15, 0.2) is 5.75 Å². The number of para-hydroxylation sites is 2. The van der Waals surface area contributed by atoms with Crippen LogP contribution in [-0.4, -0.2) is 17.2 Å². The topological polar surface area (TPSA) is 52.9 Å². The summed E-state index contributed by atoms with van der Waals surface area (Å²) in [7, 11) is -1.43. The van der Waals surface area contributed by atoms with Crippen molar-refractivity contribution < 1.29 is 14.8 Å². The Morgan fingerprint density at radius 3 is 2.80 bits per heavy atom. The monoisotopic (exact) mass is 335 g/mol. The van der Waals surface area contributed by atoms with Gasteiger partial charge in [-0.2, -0.15) is 0 Å². The average Bonchev–Trinajstić information content (AvgIpc) is 2.90. The first-order valence-corrected chi connectivity index (χ1v) is 8.47. The number of nitrogens with zero attached hydrogens (tertiary/aromatic N) is 1. The van der Waals surface area contributed by atoms with Crippen molar-refractivity contribution in [2.75, 3.05) is 4.90 Å². The Kier molecular flexibility index (Phi) is 5.27. The first-order chi connectivity index (χ1) is 12.1. The molecule has 1 unspecified atom stereocenters. The van der Waals surface area contributed by atoms with Crippen LogP contribution >= 0.6 is 0 Å².